The summed E-state index contributed by atoms with van der Waals surface area (Å²) in [4.78, 5) is 33.7. The number of anilines is 2. The van der Waals surface area contributed by atoms with E-state index < -0.39 is 10.8 Å². The highest BCUT2D eigenvalue weighted by Crippen LogP contribution is 2.22. The van der Waals surface area contributed by atoms with Gasteiger partial charge < -0.3 is 10.6 Å². The molecule has 0 aliphatic carbocycles. The Morgan fingerprint density at radius 1 is 1.09 bits per heavy atom. The monoisotopic (exact) mass is 313 g/mol. The Balaban J connectivity index is 2.23. The first-order valence-electron chi connectivity index (χ1n) is 6.81. The predicted molar refractivity (Wildman–Crippen MR) is 86.5 cm³/mol. The molecule has 7 nitrogen and oxygen atoms in total. The molecule has 118 valence electrons. The summed E-state index contributed by atoms with van der Waals surface area (Å²) in [7, 11) is 0. The Morgan fingerprint density at radius 2 is 1.78 bits per heavy atom. The number of nitrogens with zero attached hydrogens (tertiary/aromatic N) is 1. The second kappa shape index (κ2) is 6.69. The Labute approximate surface area is 132 Å². The fourth-order valence-corrected chi connectivity index (χ4v) is 2.09. The molecule has 0 unspecified atom stereocenters. The number of nitrogens with one attached hydrogen (secondary N) is 2. The van der Waals surface area contributed by atoms with Crippen LogP contribution in [0.1, 0.15) is 22.8 Å². The molecule has 0 fully saturated rings. The molecule has 7 heteroatoms. The lowest BCUT2D eigenvalue weighted by molar-refractivity contribution is -0.385. The third kappa shape index (κ3) is 3.91. The van der Waals surface area contributed by atoms with Gasteiger partial charge in [0.15, 0.2) is 0 Å². The molecule has 0 aliphatic heterocycles. The molecule has 0 saturated carbocycles. The molecular weight excluding hydrogens is 298 g/mol. The zero-order valence-corrected chi connectivity index (χ0v) is 12.6. The van der Waals surface area contributed by atoms with E-state index in [-0.39, 0.29) is 17.2 Å². The van der Waals surface area contributed by atoms with Crippen molar-refractivity contribution >= 4 is 28.9 Å². The number of carbonyl (C=O) groups excluding carboxylic acids is 2. The molecular formula is C16H15N3O4. The van der Waals surface area contributed by atoms with Gasteiger partial charge >= 0.3 is 0 Å². The van der Waals surface area contributed by atoms with Crippen LogP contribution in [0.5, 0.6) is 0 Å². The quantitative estimate of drug-likeness (QED) is 0.668. The molecule has 2 aromatic carbocycles. The van der Waals surface area contributed by atoms with Gasteiger partial charge in [-0.15, -0.1) is 0 Å². The highest BCUT2D eigenvalue weighted by Gasteiger charge is 2.19. The molecule has 23 heavy (non-hydrogen) atoms. The molecule has 2 aromatic rings. The highest BCUT2D eigenvalue weighted by atomic mass is 16.6. The van der Waals surface area contributed by atoms with Crippen LogP contribution in [0, 0.1) is 17.0 Å². The molecule has 0 atom stereocenters. The van der Waals surface area contributed by atoms with E-state index in [1.54, 1.807) is 31.2 Å². The molecule has 0 saturated heterocycles. The fraction of sp³-hybridized carbons (Fsp3) is 0.125. The number of rotatable bonds is 4. The van der Waals surface area contributed by atoms with E-state index in [2.05, 4.69) is 10.6 Å². The largest absolute Gasteiger partial charge is 0.326 e. The predicted octanol–water partition coefficient (Wildman–Crippen LogP) is 3.11. The van der Waals surface area contributed by atoms with Crippen LogP contribution >= 0.6 is 0 Å². The maximum atomic E-state index is 12.2. The van der Waals surface area contributed by atoms with Gasteiger partial charge in [-0.25, -0.2) is 0 Å². The van der Waals surface area contributed by atoms with Crippen LogP contribution in [-0.2, 0) is 4.79 Å². The standard InChI is InChI=1S/C16H15N3O4/c1-10-9-12(7-8-14(10)17-11(2)20)18-16(21)13-5-3-4-6-15(13)19(22)23/h3-9H,1-2H3,(H,17,20)(H,18,21). The molecule has 0 aliphatic rings. The minimum Gasteiger partial charge on any atom is -0.326 e. The van der Waals surface area contributed by atoms with E-state index in [0.29, 0.717) is 11.4 Å². The number of hydrogen-bond acceptors (Lipinski definition) is 4. The number of benzene rings is 2. The van der Waals surface area contributed by atoms with Crippen molar-refractivity contribution in [2.75, 3.05) is 10.6 Å². The molecule has 2 rings (SSSR count). The Kier molecular flexibility index (Phi) is 4.70. The average molecular weight is 313 g/mol. The molecule has 2 amide bonds. The Hall–Kier alpha value is -3.22. The second-order valence-corrected chi connectivity index (χ2v) is 4.94. The summed E-state index contributed by atoms with van der Waals surface area (Å²) in [6.45, 7) is 3.19. The minimum absolute atomic E-state index is 0.0129. The third-order valence-corrected chi connectivity index (χ3v) is 3.14. The van der Waals surface area contributed by atoms with Crippen LogP contribution in [0.3, 0.4) is 0 Å². The first-order valence-corrected chi connectivity index (χ1v) is 6.81. The first kappa shape index (κ1) is 16.2. The molecule has 0 radical (unpaired) electrons. The van der Waals surface area contributed by atoms with E-state index in [1.807, 2.05) is 0 Å². The topological polar surface area (TPSA) is 101 Å². The van der Waals surface area contributed by atoms with Crippen LogP contribution in [0.15, 0.2) is 42.5 Å². The van der Waals surface area contributed by atoms with Crippen molar-refractivity contribution in [3.8, 4) is 0 Å². The SMILES string of the molecule is CC(=O)Nc1ccc(NC(=O)c2ccccc2[N+](=O)[O-])cc1C. The highest BCUT2D eigenvalue weighted by molar-refractivity contribution is 6.07. The lowest BCUT2D eigenvalue weighted by atomic mass is 10.1. The molecule has 0 spiro atoms. The van der Waals surface area contributed by atoms with E-state index >= 15 is 0 Å². The Morgan fingerprint density at radius 3 is 2.39 bits per heavy atom. The van der Waals surface area contributed by atoms with Gasteiger partial charge in [0.1, 0.15) is 5.56 Å². The third-order valence-electron chi connectivity index (χ3n) is 3.14. The number of para-hydroxylation sites is 1. The summed E-state index contributed by atoms with van der Waals surface area (Å²) < 4.78 is 0. The smallest absolute Gasteiger partial charge is 0.282 e. The van der Waals surface area contributed by atoms with Gasteiger partial charge in [-0.3, -0.25) is 19.7 Å². The fourth-order valence-electron chi connectivity index (χ4n) is 2.09. The normalized spacial score (nSPS) is 10.0. The lowest BCUT2D eigenvalue weighted by Crippen LogP contribution is -2.14. The molecule has 2 N–H and O–H groups in total. The van der Waals surface area contributed by atoms with Crippen molar-refractivity contribution in [2.24, 2.45) is 0 Å². The number of nitro groups is 1. The molecule has 0 bridgehead atoms. The average Bonchev–Trinajstić information content (AvgIpc) is 2.49. The van der Waals surface area contributed by atoms with E-state index in [4.69, 9.17) is 0 Å². The van der Waals surface area contributed by atoms with Crippen molar-refractivity contribution in [1.29, 1.82) is 0 Å². The summed E-state index contributed by atoms with van der Waals surface area (Å²) in [6, 6.07) is 10.7. The van der Waals surface area contributed by atoms with Crippen LogP contribution in [0.4, 0.5) is 17.1 Å². The molecule has 0 aromatic heterocycles. The minimum atomic E-state index is -0.597. The molecule has 0 heterocycles. The lowest BCUT2D eigenvalue weighted by Gasteiger charge is -2.10. The van der Waals surface area contributed by atoms with Gasteiger partial charge in [0, 0.05) is 24.4 Å². The van der Waals surface area contributed by atoms with Crippen molar-refractivity contribution < 1.29 is 14.5 Å². The van der Waals surface area contributed by atoms with Crippen LogP contribution in [-0.4, -0.2) is 16.7 Å². The van der Waals surface area contributed by atoms with Gasteiger partial charge in [0.05, 0.1) is 4.92 Å². The van der Waals surface area contributed by atoms with E-state index in [9.17, 15) is 19.7 Å². The maximum absolute atomic E-state index is 12.2. The summed E-state index contributed by atoms with van der Waals surface area (Å²) >= 11 is 0. The van der Waals surface area contributed by atoms with Crippen LogP contribution in [0.2, 0.25) is 0 Å². The zero-order chi connectivity index (χ0) is 17.0. The summed E-state index contributed by atoms with van der Waals surface area (Å²) in [5, 5.41) is 16.3. The van der Waals surface area contributed by atoms with Crippen LogP contribution in [0.25, 0.3) is 0 Å². The van der Waals surface area contributed by atoms with Gasteiger partial charge in [-0.05, 0) is 36.8 Å². The van der Waals surface area contributed by atoms with Crippen LogP contribution < -0.4 is 10.6 Å². The van der Waals surface area contributed by atoms with Gasteiger partial charge in [0.25, 0.3) is 11.6 Å². The van der Waals surface area contributed by atoms with Crippen molar-refractivity contribution in [1.82, 2.24) is 0 Å². The van der Waals surface area contributed by atoms with Gasteiger partial charge in [0.2, 0.25) is 5.91 Å². The summed E-state index contributed by atoms with van der Waals surface area (Å²) in [5.41, 5.74) is 1.62. The van der Waals surface area contributed by atoms with Crippen molar-refractivity contribution in [3.05, 3.63) is 63.7 Å². The Bertz CT molecular complexity index is 787. The van der Waals surface area contributed by atoms with E-state index in [1.165, 1.54) is 25.1 Å². The zero-order valence-electron chi connectivity index (χ0n) is 12.6. The van der Waals surface area contributed by atoms with E-state index in [0.717, 1.165) is 5.56 Å². The first-order chi connectivity index (χ1) is 10.9. The van der Waals surface area contributed by atoms with Crippen molar-refractivity contribution in [3.63, 3.8) is 0 Å². The van der Waals surface area contributed by atoms with Gasteiger partial charge in [-0.1, -0.05) is 12.1 Å². The number of amides is 2. The maximum Gasteiger partial charge on any atom is 0.282 e. The number of hydrogen-bond donors (Lipinski definition) is 2. The number of carbonyl (C=O) groups is 2. The summed E-state index contributed by atoms with van der Waals surface area (Å²) in [6.07, 6.45) is 0. The number of aryl methyl sites for hydroxylation is 1. The van der Waals surface area contributed by atoms with Crippen molar-refractivity contribution in [2.45, 2.75) is 13.8 Å². The number of nitro benzene ring substituents is 1. The summed E-state index contributed by atoms with van der Waals surface area (Å²) in [5.74, 6) is -0.756. The van der Waals surface area contributed by atoms with Gasteiger partial charge in [-0.2, -0.15) is 0 Å². The second-order valence-electron chi connectivity index (χ2n) is 4.94.